The number of anilines is 1. The molecule has 1 saturated heterocycles. The third-order valence-electron chi connectivity index (χ3n) is 2.58. The smallest absolute Gasteiger partial charge is 0.203 e. The van der Waals surface area contributed by atoms with Gasteiger partial charge in [-0.2, -0.15) is 0 Å². The van der Waals surface area contributed by atoms with Crippen molar-refractivity contribution in [2.75, 3.05) is 32.1 Å². The number of imidazole rings is 1. The van der Waals surface area contributed by atoms with E-state index in [0.717, 1.165) is 24.7 Å². The van der Waals surface area contributed by atoms with E-state index in [0.29, 0.717) is 6.04 Å². The molecule has 2 heterocycles. The first-order valence-electron chi connectivity index (χ1n) is 4.60. The van der Waals surface area contributed by atoms with Crippen LogP contribution < -0.4 is 4.90 Å². The monoisotopic (exact) mass is 180 g/mol. The SMILES string of the molecule is Cc1cnc(N2CC(N(C)C)C2)[nH]1. The molecule has 2 rings (SSSR count). The molecular formula is C9H16N4. The van der Waals surface area contributed by atoms with Crippen molar-refractivity contribution < 1.29 is 0 Å². The molecule has 0 aliphatic carbocycles. The van der Waals surface area contributed by atoms with Crippen LogP contribution in [-0.4, -0.2) is 48.1 Å². The van der Waals surface area contributed by atoms with Gasteiger partial charge in [0.2, 0.25) is 5.95 Å². The fraction of sp³-hybridized carbons (Fsp3) is 0.667. The number of likely N-dealkylation sites (N-methyl/N-ethyl adjacent to an activating group) is 1. The van der Waals surface area contributed by atoms with Crippen LogP contribution in [-0.2, 0) is 0 Å². The minimum Gasteiger partial charge on any atom is -0.339 e. The molecule has 1 aromatic rings. The Bertz CT molecular complexity index is 286. The number of aromatic nitrogens is 2. The predicted molar refractivity (Wildman–Crippen MR) is 53.0 cm³/mol. The van der Waals surface area contributed by atoms with Crippen LogP contribution in [0, 0.1) is 6.92 Å². The van der Waals surface area contributed by atoms with Crippen LogP contribution in [0.5, 0.6) is 0 Å². The van der Waals surface area contributed by atoms with Crippen LogP contribution in [0.25, 0.3) is 0 Å². The summed E-state index contributed by atoms with van der Waals surface area (Å²) in [5, 5.41) is 0. The van der Waals surface area contributed by atoms with E-state index in [9.17, 15) is 0 Å². The van der Waals surface area contributed by atoms with Gasteiger partial charge in [-0.05, 0) is 21.0 Å². The van der Waals surface area contributed by atoms with Crippen molar-refractivity contribution in [2.45, 2.75) is 13.0 Å². The molecule has 1 fully saturated rings. The van der Waals surface area contributed by atoms with E-state index < -0.39 is 0 Å². The quantitative estimate of drug-likeness (QED) is 0.718. The zero-order chi connectivity index (χ0) is 9.42. The molecule has 0 spiro atoms. The summed E-state index contributed by atoms with van der Waals surface area (Å²) < 4.78 is 0. The topological polar surface area (TPSA) is 35.2 Å². The van der Waals surface area contributed by atoms with Crippen molar-refractivity contribution in [1.29, 1.82) is 0 Å². The van der Waals surface area contributed by atoms with Gasteiger partial charge in [-0.15, -0.1) is 0 Å². The third-order valence-corrected chi connectivity index (χ3v) is 2.58. The number of aromatic amines is 1. The molecule has 4 nitrogen and oxygen atoms in total. The summed E-state index contributed by atoms with van der Waals surface area (Å²) >= 11 is 0. The maximum atomic E-state index is 4.28. The molecular weight excluding hydrogens is 164 g/mol. The number of hydrogen-bond donors (Lipinski definition) is 1. The fourth-order valence-corrected chi connectivity index (χ4v) is 1.51. The van der Waals surface area contributed by atoms with Crippen molar-refractivity contribution in [3.8, 4) is 0 Å². The lowest BCUT2D eigenvalue weighted by Gasteiger charge is -2.42. The molecule has 0 radical (unpaired) electrons. The van der Waals surface area contributed by atoms with Crippen molar-refractivity contribution in [3.05, 3.63) is 11.9 Å². The Kier molecular flexibility index (Phi) is 2.00. The van der Waals surface area contributed by atoms with Gasteiger partial charge >= 0.3 is 0 Å². The molecule has 72 valence electrons. The first kappa shape index (κ1) is 8.56. The molecule has 1 aliphatic rings. The third kappa shape index (κ3) is 1.54. The summed E-state index contributed by atoms with van der Waals surface area (Å²) in [6, 6.07) is 0.686. The number of rotatable bonds is 2. The van der Waals surface area contributed by atoms with Crippen molar-refractivity contribution in [2.24, 2.45) is 0 Å². The van der Waals surface area contributed by atoms with E-state index in [1.807, 2.05) is 13.1 Å². The van der Waals surface area contributed by atoms with E-state index in [2.05, 4.69) is 33.9 Å². The van der Waals surface area contributed by atoms with Gasteiger partial charge in [0.1, 0.15) is 0 Å². The second-order valence-electron chi connectivity index (χ2n) is 3.91. The van der Waals surface area contributed by atoms with Crippen LogP contribution in [0.1, 0.15) is 5.69 Å². The molecule has 13 heavy (non-hydrogen) atoms. The Morgan fingerprint density at radius 3 is 2.69 bits per heavy atom. The molecule has 0 amide bonds. The van der Waals surface area contributed by atoms with Gasteiger partial charge in [0.15, 0.2) is 0 Å². The molecule has 0 unspecified atom stereocenters. The molecule has 1 aliphatic heterocycles. The number of aryl methyl sites for hydroxylation is 1. The van der Waals surface area contributed by atoms with Crippen LogP contribution >= 0.6 is 0 Å². The first-order valence-corrected chi connectivity index (χ1v) is 4.60. The summed E-state index contributed by atoms with van der Waals surface area (Å²) in [5.74, 6) is 1.01. The van der Waals surface area contributed by atoms with Crippen LogP contribution in [0.3, 0.4) is 0 Å². The Hall–Kier alpha value is -1.03. The highest BCUT2D eigenvalue weighted by Crippen LogP contribution is 2.18. The molecule has 1 N–H and O–H groups in total. The van der Waals surface area contributed by atoms with Gasteiger partial charge in [-0.3, -0.25) is 0 Å². The predicted octanol–water partition coefficient (Wildman–Crippen LogP) is 0.468. The molecule has 0 atom stereocenters. The Morgan fingerprint density at radius 2 is 2.23 bits per heavy atom. The van der Waals surface area contributed by atoms with Crippen LogP contribution in [0.15, 0.2) is 6.20 Å². The van der Waals surface area contributed by atoms with Crippen molar-refractivity contribution in [3.63, 3.8) is 0 Å². The summed E-state index contributed by atoms with van der Waals surface area (Å²) in [4.78, 5) is 12.0. The lowest BCUT2D eigenvalue weighted by Crippen LogP contribution is -2.57. The minimum atomic E-state index is 0.686. The summed E-state index contributed by atoms with van der Waals surface area (Å²) in [6.45, 7) is 4.19. The van der Waals surface area contributed by atoms with Gasteiger partial charge < -0.3 is 14.8 Å². The van der Waals surface area contributed by atoms with Gasteiger partial charge in [-0.1, -0.05) is 0 Å². The number of H-pyrrole nitrogens is 1. The Labute approximate surface area is 78.6 Å². The Morgan fingerprint density at radius 1 is 1.54 bits per heavy atom. The average molecular weight is 180 g/mol. The summed E-state index contributed by atoms with van der Waals surface area (Å²) in [5.41, 5.74) is 1.13. The van der Waals surface area contributed by atoms with Gasteiger partial charge in [-0.25, -0.2) is 4.98 Å². The zero-order valence-electron chi connectivity index (χ0n) is 8.41. The lowest BCUT2D eigenvalue weighted by molar-refractivity contribution is 0.245. The van der Waals surface area contributed by atoms with Gasteiger partial charge in [0.05, 0.1) is 0 Å². The van der Waals surface area contributed by atoms with E-state index in [-0.39, 0.29) is 0 Å². The number of nitrogens with one attached hydrogen (secondary N) is 1. The van der Waals surface area contributed by atoms with E-state index in [1.165, 1.54) is 0 Å². The zero-order valence-corrected chi connectivity index (χ0v) is 8.41. The average Bonchev–Trinajstić information content (AvgIpc) is 2.31. The molecule has 4 heteroatoms. The maximum absolute atomic E-state index is 4.28. The second kappa shape index (κ2) is 3.03. The maximum Gasteiger partial charge on any atom is 0.203 e. The van der Waals surface area contributed by atoms with E-state index in [1.54, 1.807) is 0 Å². The standard InChI is InChI=1S/C9H16N4/c1-7-4-10-9(11-7)13-5-8(6-13)12(2)3/h4,8H,5-6H2,1-3H3,(H,10,11). The highest BCUT2D eigenvalue weighted by atomic mass is 15.4. The van der Waals surface area contributed by atoms with Gasteiger partial charge in [0, 0.05) is 31.0 Å². The largest absolute Gasteiger partial charge is 0.339 e. The van der Waals surface area contributed by atoms with Crippen LogP contribution in [0.2, 0.25) is 0 Å². The fourth-order valence-electron chi connectivity index (χ4n) is 1.51. The first-order chi connectivity index (χ1) is 6.16. The molecule has 1 aromatic heterocycles. The van der Waals surface area contributed by atoms with Crippen LogP contribution in [0.4, 0.5) is 5.95 Å². The van der Waals surface area contributed by atoms with Crippen molar-refractivity contribution in [1.82, 2.24) is 14.9 Å². The highest BCUT2D eigenvalue weighted by molar-refractivity contribution is 5.36. The van der Waals surface area contributed by atoms with E-state index in [4.69, 9.17) is 0 Å². The molecule has 0 aromatic carbocycles. The minimum absolute atomic E-state index is 0.686. The normalized spacial score (nSPS) is 18.0. The van der Waals surface area contributed by atoms with E-state index >= 15 is 0 Å². The lowest BCUT2D eigenvalue weighted by atomic mass is 10.1. The summed E-state index contributed by atoms with van der Waals surface area (Å²) in [6.07, 6.45) is 1.87. The molecule has 0 bridgehead atoms. The Balaban J connectivity index is 1.93. The number of hydrogen-bond acceptors (Lipinski definition) is 3. The highest BCUT2D eigenvalue weighted by Gasteiger charge is 2.29. The number of nitrogens with zero attached hydrogens (tertiary/aromatic N) is 3. The second-order valence-corrected chi connectivity index (χ2v) is 3.91. The molecule has 0 saturated carbocycles. The van der Waals surface area contributed by atoms with Crippen molar-refractivity contribution >= 4 is 5.95 Å². The van der Waals surface area contributed by atoms with Gasteiger partial charge in [0.25, 0.3) is 0 Å². The summed E-state index contributed by atoms with van der Waals surface area (Å²) in [7, 11) is 4.24.